The van der Waals surface area contributed by atoms with Gasteiger partial charge in [-0.25, -0.2) is 13.6 Å². The lowest BCUT2D eigenvalue weighted by molar-refractivity contribution is -0.117. The SMILES string of the molecule is COC(=O)c1cccc(NC(=O)CCN(C(C)=O)c2c(F)cccc2F)c1. The summed E-state index contributed by atoms with van der Waals surface area (Å²) in [6.07, 6.45) is -0.199. The number of hydrogen-bond acceptors (Lipinski definition) is 4. The number of halogens is 2. The normalized spacial score (nSPS) is 10.2. The molecule has 27 heavy (non-hydrogen) atoms. The number of para-hydroxylation sites is 1. The van der Waals surface area contributed by atoms with Crippen molar-refractivity contribution in [2.75, 3.05) is 23.9 Å². The van der Waals surface area contributed by atoms with Crippen LogP contribution in [-0.2, 0) is 14.3 Å². The van der Waals surface area contributed by atoms with E-state index >= 15 is 0 Å². The summed E-state index contributed by atoms with van der Waals surface area (Å²) in [5.74, 6) is -3.42. The van der Waals surface area contributed by atoms with Gasteiger partial charge in [-0.3, -0.25) is 9.59 Å². The Kier molecular flexibility index (Phi) is 6.59. The molecular weight excluding hydrogens is 358 g/mol. The molecule has 6 nitrogen and oxygen atoms in total. The molecule has 2 aromatic carbocycles. The minimum Gasteiger partial charge on any atom is -0.465 e. The molecule has 0 heterocycles. The van der Waals surface area contributed by atoms with Gasteiger partial charge in [-0.05, 0) is 30.3 Å². The van der Waals surface area contributed by atoms with E-state index in [-0.39, 0.29) is 18.5 Å². The molecule has 142 valence electrons. The molecule has 0 aliphatic rings. The fourth-order valence-electron chi connectivity index (χ4n) is 2.45. The summed E-state index contributed by atoms with van der Waals surface area (Å²) in [7, 11) is 1.24. The Morgan fingerprint density at radius 2 is 1.70 bits per heavy atom. The first-order valence-electron chi connectivity index (χ1n) is 8.04. The molecule has 8 heteroatoms. The monoisotopic (exact) mass is 376 g/mol. The molecule has 0 saturated heterocycles. The van der Waals surface area contributed by atoms with Crippen molar-refractivity contribution in [1.29, 1.82) is 0 Å². The number of benzene rings is 2. The molecule has 0 spiro atoms. The highest BCUT2D eigenvalue weighted by atomic mass is 19.1. The van der Waals surface area contributed by atoms with Crippen LogP contribution in [0.3, 0.4) is 0 Å². The molecule has 0 radical (unpaired) electrons. The van der Waals surface area contributed by atoms with Crippen molar-refractivity contribution in [3.05, 3.63) is 59.7 Å². The Morgan fingerprint density at radius 3 is 2.30 bits per heavy atom. The number of nitrogens with zero attached hydrogens (tertiary/aromatic N) is 1. The first-order chi connectivity index (χ1) is 12.8. The van der Waals surface area contributed by atoms with Gasteiger partial charge in [0.15, 0.2) is 0 Å². The van der Waals surface area contributed by atoms with Gasteiger partial charge in [0, 0.05) is 25.6 Å². The summed E-state index contributed by atoms with van der Waals surface area (Å²) in [5.41, 5.74) is 0.119. The lowest BCUT2D eigenvalue weighted by Crippen LogP contribution is -2.33. The van der Waals surface area contributed by atoms with E-state index in [1.54, 1.807) is 12.1 Å². The molecule has 1 N–H and O–H groups in total. The molecule has 0 fully saturated rings. The molecule has 0 bridgehead atoms. The van der Waals surface area contributed by atoms with Gasteiger partial charge >= 0.3 is 5.97 Å². The summed E-state index contributed by atoms with van der Waals surface area (Å²) in [6.45, 7) is 0.944. The zero-order valence-electron chi connectivity index (χ0n) is 14.8. The third-order valence-corrected chi connectivity index (χ3v) is 3.72. The second-order valence-electron chi connectivity index (χ2n) is 5.61. The zero-order chi connectivity index (χ0) is 20.0. The molecular formula is C19H18F2N2O4. The van der Waals surface area contributed by atoms with Gasteiger partial charge in [0.1, 0.15) is 17.3 Å². The van der Waals surface area contributed by atoms with Gasteiger partial charge < -0.3 is 15.0 Å². The highest BCUT2D eigenvalue weighted by molar-refractivity contribution is 5.96. The van der Waals surface area contributed by atoms with Gasteiger partial charge in [0.25, 0.3) is 0 Å². The van der Waals surface area contributed by atoms with Crippen LogP contribution in [0, 0.1) is 11.6 Å². The second-order valence-corrected chi connectivity index (χ2v) is 5.61. The van der Waals surface area contributed by atoms with E-state index in [2.05, 4.69) is 10.1 Å². The lowest BCUT2D eigenvalue weighted by Gasteiger charge is -2.22. The van der Waals surface area contributed by atoms with Crippen molar-refractivity contribution >= 4 is 29.2 Å². The molecule has 0 aromatic heterocycles. The Bertz CT molecular complexity index is 850. The van der Waals surface area contributed by atoms with Crippen molar-refractivity contribution in [2.24, 2.45) is 0 Å². The van der Waals surface area contributed by atoms with Crippen LogP contribution in [0.4, 0.5) is 20.2 Å². The number of nitrogens with one attached hydrogen (secondary N) is 1. The predicted octanol–water partition coefficient (Wildman–Crippen LogP) is 3.13. The summed E-state index contributed by atoms with van der Waals surface area (Å²) >= 11 is 0. The average molecular weight is 376 g/mol. The number of anilines is 2. The molecule has 0 saturated carbocycles. The molecule has 0 atom stereocenters. The average Bonchev–Trinajstić information content (AvgIpc) is 2.63. The summed E-state index contributed by atoms with van der Waals surface area (Å²) in [5, 5.41) is 2.56. The maximum absolute atomic E-state index is 13.9. The Morgan fingerprint density at radius 1 is 1.07 bits per heavy atom. The largest absolute Gasteiger partial charge is 0.465 e. The highest BCUT2D eigenvalue weighted by Crippen LogP contribution is 2.23. The van der Waals surface area contributed by atoms with Gasteiger partial charge in [0.05, 0.1) is 12.7 Å². The quantitative estimate of drug-likeness (QED) is 0.786. The number of rotatable bonds is 6. The fourth-order valence-corrected chi connectivity index (χ4v) is 2.45. The molecule has 0 unspecified atom stereocenters. The highest BCUT2D eigenvalue weighted by Gasteiger charge is 2.21. The number of methoxy groups -OCH3 is 1. The standard InChI is InChI=1S/C19H18F2N2O4/c1-12(24)23(18-15(20)7-4-8-16(18)21)10-9-17(25)22-14-6-3-5-13(11-14)19(26)27-2/h3-8,11H,9-10H2,1-2H3,(H,22,25). The zero-order valence-corrected chi connectivity index (χ0v) is 14.8. The number of hydrogen-bond donors (Lipinski definition) is 1. The third kappa shape index (κ3) is 5.10. The minimum absolute atomic E-state index is 0.199. The summed E-state index contributed by atoms with van der Waals surface area (Å²) in [6, 6.07) is 9.36. The van der Waals surface area contributed by atoms with Crippen LogP contribution in [0.1, 0.15) is 23.7 Å². The molecule has 2 aromatic rings. The fraction of sp³-hybridized carbons (Fsp3) is 0.211. The number of carbonyl (C=O) groups excluding carboxylic acids is 3. The van der Waals surface area contributed by atoms with Crippen molar-refractivity contribution < 1.29 is 27.9 Å². The van der Waals surface area contributed by atoms with Crippen LogP contribution in [0.5, 0.6) is 0 Å². The molecule has 0 aliphatic carbocycles. The Balaban J connectivity index is 2.07. The minimum atomic E-state index is -0.892. The van der Waals surface area contributed by atoms with Crippen LogP contribution < -0.4 is 10.2 Å². The maximum Gasteiger partial charge on any atom is 0.337 e. The van der Waals surface area contributed by atoms with E-state index in [0.29, 0.717) is 5.69 Å². The first kappa shape index (κ1) is 20.0. The topological polar surface area (TPSA) is 75.7 Å². The van der Waals surface area contributed by atoms with Crippen molar-refractivity contribution in [1.82, 2.24) is 0 Å². The van der Waals surface area contributed by atoms with Crippen LogP contribution in [0.25, 0.3) is 0 Å². The second kappa shape index (κ2) is 8.88. The molecule has 0 aliphatic heterocycles. The van der Waals surface area contributed by atoms with Crippen LogP contribution in [0.15, 0.2) is 42.5 Å². The van der Waals surface area contributed by atoms with Gasteiger partial charge in [0.2, 0.25) is 11.8 Å². The van der Waals surface area contributed by atoms with Crippen molar-refractivity contribution in [3.63, 3.8) is 0 Å². The summed E-state index contributed by atoms with van der Waals surface area (Å²) in [4.78, 5) is 36.3. The van der Waals surface area contributed by atoms with Crippen LogP contribution >= 0.6 is 0 Å². The lowest BCUT2D eigenvalue weighted by atomic mass is 10.2. The number of ether oxygens (including phenoxy) is 1. The van der Waals surface area contributed by atoms with Gasteiger partial charge in [-0.2, -0.15) is 0 Å². The molecule has 2 amide bonds. The Labute approximate surface area is 154 Å². The van der Waals surface area contributed by atoms with E-state index in [0.717, 1.165) is 24.0 Å². The van der Waals surface area contributed by atoms with E-state index in [1.165, 1.54) is 25.3 Å². The predicted molar refractivity (Wildman–Crippen MR) is 95.4 cm³/mol. The third-order valence-electron chi connectivity index (χ3n) is 3.72. The molecule has 2 rings (SSSR count). The van der Waals surface area contributed by atoms with Crippen LogP contribution in [-0.4, -0.2) is 31.4 Å². The maximum atomic E-state index is 13.9. The van der Waals surface area contributed by atoms with E-state index < -0.39 is 35.1 Å². The number of amides is 2. The van der Waals surface area contributed by atoms with Crippen molar-refractivity contribution in [2.45, 2.75) is 13.3 Å². The first-order valence-corrected chi connectivity index (χ1v) is 8.04. The number of carbonyl (C=O) groups is 3. The van der Waals surface area contributed by atoms with Gasteiger partial charge in [-0.15, -0.1) is 0 Å². The number of esters is 1. The van der Waals surface area contributed by atoms with E-state index in [4.69, 9.17) is 0 Å². The Hall–Kier alpha value is -3.29. The van der Waals surface area contributed by atoms with Crippen molar-refractivity contribution in [3.8, 4) is 0 Å². The van der Waals surface area contributed by atoms with Crippen LogP contribution in [0.2, 0.25) is 0 Å². The van der Waals surface area contributed by atoms with Gasteiger partial charge in [-0.1, -0.05) is 12.1 Å². The summed E-state index contributed by atoms with van der Waals surface area (Å²) < 4.78 is 32.4. The van der Waals surface area contributed by atoms with E-state index in [9.17, 15) is 23.2 Å². The smallest absolute Gasteiger partial charge is 0.337 e. The van der Waals surface area contributed by atoms with E-state index in [1.807, 2.05) is 0 Å².